The molecule has 6 rings (SSSR count). The number of carbonyl (C=O) groups excluding carboxylic acids is 1. The van der Waals surface area contributed by atoms with Crippen molar-refractivity contribution in [3.8, 4) is 0 Å². The molecule has 0 unspecified atom stereocenters. The molecular formula is C31H33NO5. The standard InChI is InChI=1S/C31H33NO5/c1-18-20(3)36-26-17-27-23(15-22(18)26)19(2)24(30(34)37-27)16-28(33)32-14-13-31(35)12-8-7-11-25(31)29(32)21-9-5-4-6-10-21/h4-6,9-10,15,17,25,29,35H,7-8,11-14,16H2,1-3H3/t25-,29-,31+/m0/s1. The molecule has 1 amide bonds. The Bertz CT molecular complexity index is 1570. The van der Waals surface area contributed by atoms with Gasteiger partial charge in [-0.3, -0.25) is 4.79 Å². The number of nitrogens with zero attached hydrogens (tertiary/aromatic N) is 1. The summed E-state index contributed by atoms with van der Waals surface area (Å²) in [6, 6.07) is 13.6. The molecular weight excluding hydrogens is 466 g/mol. The van der Waals surface area contributed by atoms with Gasteiger partial charge in [0, 0.05) is 29.3 Å². The van der Waals surface area contributed by atoms with Crippen molar-refractivity contribution in [3.05, 3.63) is 80.9 Å². The van der Waals surface area contributed by atoms with E-state index >= 15 is 0 Å². The normalized spacial score (nSPS) is 23.9. The van der Waals surface area contributed by atoms with Crippen LogP contribution in [0.4, 0.5) is 0 Å². The fourth-order valence-corrected chi connectivity index (χ4v) is 6.71. The Labute approximate surface area is 215 Å². The number of rotatable bonds is 3. The van der Waals surface area contributed by atoms with Crippen molar-refractivity contribution in [1.82, 2.24) is 4.90 Å². The van der Waals surface area contributed by atoms with Gasteiger partial charge in [-0.2, -0.15) is 0 Å². The summed E-state index contributed by atoms with van der Waals surface area (Å²) >= 11 is 0. The predicted molar refractivity (Wildman–Crippen MR) is 143 cm³/mol. The summed E-state index contributed by atoms with van der Waals surface area (Å²) in [5, 5.41) is 13.3. The van der Waals surface area contributed by atoms with Crippen molar-refractivity contribution < 1.29 is 18.7 Å². The van der Waals surface area contributed by atoms with E-state index in [4.69, 9.17) is 8.83 Å². The van der Waals surface area contributed by atoms with Crippen molar-refractivity contribution in [2.24, 2.45) is 5.92 Å². The van der Waals surface area contributed by atoms with Gasteiger partial charge in [0.15, 0.2) is 0 Å². The summed E-state index contributed by atoms with van der Waals surface area (Å²) in [6.07, 6.45) is 4.26. The quantitative estimate of drug-likeness (QED) is 0.355. The van der Waals surface area contributed by atoms with Crippen molar-refractivity contribution in [2.75, 3.05) is 6.54 Å². The lowest BCUT2D eigenvalue weighted by Gasteiger charge is -2.52. The Kier molecular flexibility index (Phi) is 5.75. The van der Waals surface area contributed by atoms with Crippen molar-refractivity contribution in [1.29, 1.82) is 0 Å². The van der Waals surface area contributed by atoms with Gasteiger partial charge in [0.1, 0.15) is 16.9 Å². The number of furan rings is 1. The van der Waals surface area contributed by atoms with E-state index in [9.17, 15) is 14.7 Å². The third kappa shape index (κ3) is 3.89. The maximum Gasteiger partial charge on any atom is 0.340 e. The van der Waals surface area contributed by atoms with E-state index in [0.717, 1.165) is 58.9 Å². The number of benzene rings is 2. The fraction of sp³-hybridized carbons (Fsp3) is 0.419. The van der Waals surface area contributed by atoms with E-state index in [1.165, 1.54) is 0 Å². The lowest BCUT2D eigenvalue weighted by atomic mass is 9.66. The zero-order valence-corrected chi connectivity index (χ0v) is 21.7. The number of aryl methyl sites for hydroxylation is 3. The van der Waals surface area contributed by atoms with E-state index in [1.807, 2.05) is 62.1 Å². The van der Waals surface area contributed by atoms with Crippen LogP contribution in [0.5, 0.6) is 0 Å². The van der Waals surface area contributed by atoms with Crippen molar-refractivity contribution >= 4 is 27.8 Å². The molecule has 0 radical (unpaired) electrons. The Hall–Kier alpha value is -3.38. The first kappa shape index (κ1) is 24.0. The molecule has 3 atom stereocenters. The van der Waals surface area contributed by atoms with Crippen LogP contribution >= 0.6 is 0 Å². The van der Waals surface area contributed by atoms with Crippen LogP contribution in [0.25, 0.3) is 21.9 Å². The molecule has 1 saturated heterocycles. The number of aliphatic hydroxyl groups is 1. The number of hydrogen-bond acceptors (Lipinski definition) is 5. The highest BCUT2D eigenvalue weighted by Crippen LogP contribution is 2.49. The molecule has 2 aliphatic rings. The molecule has 2 fully saturated rings. The second-order valence-corrected chi connectivity index (χ2v) is 10.9. The lowest BCUT2D eigenvalue weighted by molar-refractivity contribution is -0.154. The first-order valence-corrected chi connectivity index (χ1v) is 13.3. The van der Waals surface area contributed by atoms with Gasteiger partial charge in [-0.25, -0.2) is 4.79 Å². The minimum absolute atomic E-state index is 0.0175. The van der Waals surface area contributed by atoms with E-state index in [2.05, 4.69) is 0 Å². The molecule has 0 bridgehead atoms. The van der Waals surface area contributed by atoms with Gasteiger partial charge in [-0.1, -0.05) is 43.2 Å². The highest BCUT2D eigenvalue weighted by atomic mass is 16.4. The minimum atomic E-state index is -0.751. The molecule has 2 aromatic heterocycles. The van der Waals surface area contributed by atoms with Gasteiger partial charge in [0.25, 0.3) is 0 Å². The van der Waals surface area contributed by atoms with Crippen LogP contribution < -0.4 is 5.63 Å². The maximum atomic E-state index is 13.9. The van der Waals surface area contributed by atoms with E-state index in [-0.39, 0.29) is 24.3 Å². The Morgan fingerprint density at radius 1 is 1.00 bits per heavy atom. The van der Waals surface area contributed by atoms with Crippen LogP contribution in [0.15, 0.2) is 56.1 Å². The average molecular weight is 500 g/mol. The molecule has 3 heterocycles. The molecule has 192 valence electrons. The SMILES string of the molecule is Cc1oc2cc3oc(=O)c(CC(=O)N4CC[C@]5(O)CCCC[C@H]5[C@@H]4c4ccccc4)c(C)c3cc2c1C. The summed E-state index contributed by atoms with van der Waals surface area (Å²) in [7, 11) is 0. The first-order chi connectivity index (χ1) is 17.8. The van der Waals surface area contributed by atoms with E-state index < -0.39 is 11.2 Å². The van der Waals surface area contributed by atoms with Gasteiger partial charge in [0.05, 0.1) is 23.6 Å². The minimum Gasteiger partial charge on any atom is -0.461 e. The maximum absolute atomic E-state index is 13.9. The molecule has 4 aromatic rings. The fourth-order valence-electron chi connectivity index (χ4n) is 6.71. The Morgan fingerprint density at radius 2 is 1.73 bits per heavy atom. The monoisotopic (exact) mass is 499 g/mol. The van der Waals surface area contributed by atoms with Crippen molar-refractivity contribution in [3.63, 3.8) is 0 Å². The molecule has 1 N–H and O–H groups in total. The second kappa shape index (κ2) is 8.88. The topological polar surface area (TPSA) is 83.9 Å². The van der Waals surface area contributed by atoms with Gasteiger partial charge in [-0.05, 0) is 62.8 Å². The largest absolute Gasteiger partial charge is 0.461 e. The molecule has 1 aliphatic heterocycles. The van der Waals surface area contributed by atoms with Crippen LogP contribution in [0.1, 0.15) is 66.2 Å². The summed E-state index contributed by atoms with van der Waals surface area (Å²) in [5.74, 6) is 0.712. The number of amides is 1. The van der Waals surface area contributed by atoms with Crippen LogP contribution in [-0.2, 0) is 11.2 Å². The predicted octanol–water partition coefficient (Wildman–Crippen LogP) is 5.90. The zero-order chi connectivity index (χ0) is 25.9. The number of hydrogen-bond donors (Lipinski definition) is 1. The molecule has 1 saturated carbocycles. The van der Waals surface area contributed by atoms with Gasteiger partial charge >= 0.3 is 5.63 Å². The van der Waals surface area contributed by atoms with Crippen LogP contribution in [0.3, 0.4) is 0 Å². The molecule has 6 nitrogen and oxygen atoms in total. The highest BCUT2D eigenvalue weighted by Gasteiger charge is 2.50. The molecule has 2 aromatic carbocycles. The summed E-state index contributed by atoms with van der Waals surface area (Å²) < 4.78 is 11.5. The third-order valence-electron chi connectivity index (χ3n) is 8.94. The third-order valence-corrected chi connectivity index (χ3v) is 8.94. The van der Waals surface area contributed by atoms with Crippen LogP contribution in [0.2, 0.25) is 0 Å². The van der Waals surface area contributed by atoms with Crippen LogP contribution in [-0.4, -0.2) is 28.1 Å². The average Bonchev–Trinajstić information content (AvgIpc) is 3.17. The molecule has 0 spiro atoms. The van der Waals surface area contributed by atoms with Gasteiger partial charge in [-0.15, -0.1) is 0 Å². The van der Waals surface area contributed by atoms with Crippen molar-refractivity contribution in [2.45, 2.75) is 70.9 Å². The lowest BCUT2D eigenvalue weighted by Crippen LogP contribution is -2.56. The summed E-state index contributed by atoms with van der Waals surface area (Å²) in [4.78, 5) is 28.9. The Balaban J connectivity index is 1.39. The number of likely N-dealkylation sites (tertiary alicyclic amines) is 1. The van der Waals surface area contributed by atoms with E-state index in [0.29, 0.717) is 29.7 Å². The summed E-state index contributed by atoms with van der Waals surface area (Å²) in [6.45, 7) is 6.29. The van der Waals surface area contributed by atoms with Gasteiger partial charge in [0.2, 0.25) is 5.91 Å². The highest BCUT2D eigenvalue weighted by molar-refractivity contribution is 5.97. The zero-order valence-electron chi connectivity index (χ0n) is 21.7. The molecule has 37 heavy (non-hydrogen) atoms. The number of piperidine rings is 1. The number of fused-ring (bicyclic) bond motifs is 3. The smallest absolute Gasteiger partial charge is 0.340 e. The Morgan fingerprint density at radius 3 is 2.51 bits per heavy atom. The summed E-state index contributed by atoms with van der Waals surface area (Å²) in [5.41, 5.74) is 3.17. The second-order valence-electron chi connectivity index (χ2n) is 10.9. The molecule has 6 heteroatoms. The van der Waals surface area contributed by atoms with E-state index in [1.54, 1.807) is 6.07 Å². The number of carbonyl (C=O) groups is 1. The molecule has 1 aliphatic carbocycles. The first-order valence-electron chi connectivity index (χ1n) is 13.3. The van der Waals surface area contributed by atoms with Gasteiger partial charge < -0.3 is 18.8 Å². The van der Waals surface area contributed by atoms with Crippen LogP contribution in [0, 0.1) is 26.7 Å².